The number of amides is 1. The van der Waals surface area contributed by atoms with Crippen LogP contribution in [0.2, 0.25) is 0 Å². The molecule has 1 aliphatic rings. The topological polar surface area (TPSA) is 89.0 Å². The van der Waals surface area contributed by atoms with E-state index < -0.39 is 23.5 Å². The normalized spacial score (nSPS) is 15.7. The minimum Gasteiger partial charge on any atom is -0.503 e. The average molecular weight is 505 g/mol. The molecule has 0 bridgehead atoms. The molecule has 186 valence electrons. The van der Waals surface area contributed by atoms with Gasteiger partial charge in [-0.1, -0.05) is 55.8 Å². The molecule has 1 N–H and O–H groups in total. The van der Waals surface area contributed by atoms with Crippen molar-refractivity contribution >= 4 is 34.2 Å². The molecule has 7 nitrogen and oxygen atoms in total. The number of nitrogens with zero attached hydrogens (tertiary/aromatic N) is 2. The number of carbonyl (C=O) groups excluding carboxylic acids is 2. The van der Waals surface area contributed by atoms with Crippen LogP contribution in [0.15, 0.2) is 77.5 Å². The lowest BCUT2D eigenvalue weighted by atomic mass is 9.95. The number of hydrogen-bond acceptors (Lipinski definition) is 7. The van der Waals surface area contributed by atoms with Gasteiger partial charge in [0.1, 0.15) is 0 Å². The van der Waals surface area contributed by atoms with Crippen LogP contribution in [0.25, 0.3) is 6.08 Å². The molecule has 0 saturated carbocycles. The number of aromatic nitrogens is 1. The zero-order valence-electron chi connectivity index (χ0n) is 20.2. The molecule has 2 heterocycles. The largest absolute Gasteiger partial charge is 0.503 e. The molecule has 1 atom stereocenters. The first-order valence-corrected chi connectivity index (χ1v) is 12.8. The van der Waals surface area contributed by atoms with Gasteiger partial charge in [0.25, 0.3) is 5.91 Å². The highest BCUT2D eigenvalue weighted by molar-refractivity contribution is 7.13. The first kappa shape index (κ1) is 25.2. The van der Waals surface area contributed by atoms with E-state index in [2.05, 4.69) is 11.9 Å². The van der Waals surface area contributed by atoms with E-state index in [0.717, 1.165) is 18.4 Å². The van der Waals surface area contributed by atoms with Gasteiger partial charge in [0.15, 0.2) is 28.2 Å². The number of aliphatic hydroxyl groups is 1. The number of anilines is 1. The van der Waals surface area contributed by atoms with E-state index in [-0.39, 0.29) is 5.57 Å². The summed E-state index contributed by atoms with van der Waals surface area (Å²) in [5.74, 6) is -0.623. The van der Waals surface area contributed by atoms with Crippen molar-refractivity contribution in [3.63, 3.8) is 0 Å². The van der Waals surface area contributed by atoms with Crippen molar-refractivity contribution in [3.05, 3.63) is 88.6 Å². The zero-order valence-corrected chi connectivity index (χ0v) is 21.0. The highest BCUT2D eigenvalue weighted by Crippen LogP contribution is 2.43. The molecule has 1 aliphatic heterocycles. The number of rotatable bonds is 11. The molecule has 1 aromatic heterocycles. The van der Waals surface area contributed by atoms with Crippen LogP contribution in [0.3, 0.4) is 0 Å². The van der Waals surface area contributed by atoms with Gasteiger partial charge in [0, 0.05) is 11.6 Å². The number of carbonyl (C=O) groups is 2. The van der Waals surface area contributed by atoms with Crippen LogP contribution >= 0.6 is 11.3 Å². The molecular weight excluding hydrogens is 476 g/mol. The highest BCUT2D eigenvalue weighted by Gasteiger charge is 2.45. The van der Waals surface area contributed by atoms with Gasteiger partial charge in [-0.15, -0.1) is 11.3 Å². The van der Waals surface area contributed by atoms with Crippen LogP contribution in [-0.2, 0) is 9.59 Å². The van der Waals surface area contributed by atoms with E-state index in [1.54, 1.807) is 35.9 Å². The number of allylic oxidation sites excluding steroid dienone is 1. The van der Waals surface area contributed by atoms with Gasteiger partial charge >= 0.3 is 0 Å². The van der Waals surface area contributed by atoms with Crippen LogP contribution in [-0.4, -0.2) is 35.0 Å². The maximum absolute atomic E-state index is 13.4. The Morgan fingerprint density at radius 1 is 1.14 bits per heavy atom. The summed E-state index contributed by atoms with van der Waals surface area (Å²) < 4.78 is 11.7. The Bertz CT molecular complexity index is 1270. The standard InChI is InChI=1S/C28H28N2O5S/c1-3-5-16-35-22-14-12-20(18-23(22)34-4-2)25-24(21(31)13-11-19-9-7-6-8-10-19)26(32)27(33)30(25)28-29-15-17-36-28/h6-15,17-18,25,32H,3-5,16H2,1-2H3. The number of aliphatic hydroxyl groups excluding tert-OH is 1. The van der Waals surface area contributed by atoms with Crippen LogP contribution in [0.1, 0.15) is 43.9 Å². The monoisotopic (exact) mass is 504 g/mol. The molecule has 0 aliphatic carbocycles. The Balaban J connectivity index is 1.75. The molecule has 0 spiro atoms. The third-order valence-electron chi connectivity index (χ3n) is 5.66. The fraction of sp³-hybridized carbons (Fsp3) is 0.250. The Morgan fingerprint density at radius 2 is 1.94 bits per heavy atom. The van der Waals surface area contributed by atoms with E-state index in [9.17, 15) is 14.7 Å². The molecule has 4 rings (SSSR count). The molecule has 36 heavy (non-hydrogen) atoms. The summed E-state index contributed by atoms with van der Waals surface area (Å²) in [4.78, 5) is 32.2. The van der Waals surface area contributed by atoms with Gasteiger partial charge in [-0.05, 0) is 42.7 Å². The lowest BCUT2D eigenvalue weighted by molar-refractivity contribution is -0.117. The Hall–Kier alpha value is -3.91. The van der Waals surface area contributed by atoms with Gasteiger partial charge < -0.3 is 14.6 Å². The van der Waals surface area contributed by atoms with Crippen LogP contribution < -0.4 is 14.4 Å². The van der Waals surface area contributed by atoms with Crippen molar-refractivity contribution in [2.24, 2.45) is 0 Å². The smallest absolute Gasteiger partial charge is 0.296 e. The minimum absolute atomic E-state index is 0.00974. The van der Waals surface area contributed by atoms with E-state index in [1.807, 2.05) is 37.3 Å². The van der Waals surface area contributed by atoms with Gasteiger partial charge in [0.05, 0.1) is 24.8 Å². The minimum atomic E-state index is -0.875. The van der Waals surface area contributed by atoms with Crippen LogP contribution in [0.4, 0.5) is 5.13 Å². The third-order valence-corrected chi connectivity index (χ3v) is 6.44. The zero-order chi connectivity index (χ0) is 25.5. The average Bonchev–Trinajstić information content (AvgIpc) is 3.51. The fourth-order valence-electron chi connectivity index (χ4n) is 3.94. The number of unbranched alkanes of at least 4 members (excludes halogenated alkanes) is 1. The molecule has 3 aromatic rings. The van der Waals surface area contributed by atoms with E-state index in [1.165, 1.54) is 22.3 Å². The first-order chi connectivity index (χ1) is 17.5. The van der Waals surface area contributed by atoms with Crippen molar-refractivity contribution in [2.45, 2.75) is 32.7 Å². The molecular formula is C28H28N2O5S. The molecule has 2 aromatic carbocycles. The Kier molecular flexibility index (Phi) is 8.17. The predicted octanol–water partition coefficient (Wildman–Crippen LogP) is 5.90. The quantitative estimate of drug-likeness (QED) is 0.258. The van der Waals surface area contributed by atoms with Crippen molar-refractivity contribution in [1.29, 1.82) is 0 Å². The first-order valence-electron chi connectivity index (χ1n) is 11.9. The fourth-order valence-corrected chi connectivity index (χ4v) is 4.61. The second-order valence-electron chi connectivity index (χ2n) is 8.10. The van der Waals surface area contributed by atoms with Gasteiger partial charge in [0.2, 0.25) is 0 Å². The van der Waals surface area contributed by atoms with Gasteiger partial charge in [-0.3, -0.25) is 14.5 Å². The van der Waals surface area contributed by atoms with Gasteiger partial charge in [-0.25, -0.2) is 4.98 Å². The SMILES string of the molecule is CCCCOc1ccc(C2C(C(=O)C=Cc3ccccc3)=C(O)C(=O)N2c2nccs2)cc1OCC. The second-order valence-corrected chi connectivity index (χ2v) is 8.98. The number of ether oxygens (including phenoxy) is 2. The lowest BCUT2D eigenvalue weighted by Gasteiger charge is -2.25. The Morgan fingerprint density at radius 3 is 2.64 bits per heavy atom. The molecule has 0 fully saturated rings. The second kappa shape index (κ2) is 11.7. The van der Waals surface area contributed by atoms with Crippen molar-refractivity contribution in [2.75, 3.05) is 18.1 Å². The van der Waals surface area contributed by atoms with Crippen molar-refractivity contribution < 1.29 is 24.2 Å². The van der Waals surface area contributed by atoms with E-state index in [4.69, 9.17) is 9.47 Å². The van der Waals surface area contributed by atoms with Gasteiger partial charge in [-0.2, -0.15) is 0 Å². The van der Waals surface area contributed by atoms with Crippen molar-refractivity contribution in [1.82, 2.24) is 4.98 Å². The number of thiazole rings is 1. The summed E-state index contributed by atoms with van der Waals surface area (Å²) in [6.45, 7) is 4.93. The summed E-state index contributed by atoms with van der Waals surface area (Å²) in [5.41, 5.74) is 1.42. The summed E-state index contributed by atoms with van der Waals surface area (Å²) >= 11 is 1.25. The Labute approximate surface area is 214 Å². The summed E-state index contributed by atoms with van der Waals surface area (Å²) in [6.07, 6.45) is 6.52. The van der Waals surface area contributed by atoms with E-state index >= 15 is 0 Å². The molecule has 1 unspecified atom stereocenters. The predicted molar refractivity (Wildman–Crippen MR) is 140 cm³/mol. The summed E-state index contributed by atoms with van der Waals surface area (Å²) in [7, 11) is 0. The third kappa shape index (κ3) is 5.33. The number of hydrogen-bond donors (Lipinski definition) is 1. The summed E-state index contributed by atoms with van der Waals surface area (Å²) in [5, 5.41) is 13.0. The maximum atomic E-state index is 13.4. The molecule has 8 heteroatoms. The summed E-state index contributed by atoms with van der Waals surface area (Å²) in [6, 6.07) is 13.8. The van der Waals surface area contributed by atoms with E-state index in [0.29, 0.717) is 35.4 Å². The van der Waals surface area contributed by atoms with Crippen LogP contribution in [0, 0.1) is 0 Å². The highest BCUT2D eigenvalue weighted by atomic mass is 32.1. The molecule has 0 radical (unpaired) electrons. The van der Waals surface area contributed by atoms with Crippen LogP contribution in [0.5, 0.6) is 11.5 Å². The molecule has 1 amide bonds. The molecule has 0 saturated heterocycles. The maximum Gasteiger partial charge on any atom is 0.296 e. The lowest BCUT2D eigenvalue weighted by Crippen LogP contribution is -2.30. The number of ketones is 1. The van der Waals surface area contributed by atoms with Crippen molar-refractivity contribution in [3.8, 4) is 11.5 Å². The number of benzene rings is 2.